The van der Waals surface area contributed by atoms with Crippen LogP contribution in [0.2, 0.25) is 0 Å². The van der Waals surface area contributed by atoms with Crippen molar-refractivity contribution in [3.63, 3.8) is 0 Å². The van der Waals surface area contributed by atoms with Crippen LogP contribution < -0.4 is 4.74 Å². The Kier molecular flexibility index (Phi) is 6.01. The molecule has 0 aromatic heterocycles. The molecule has 0 spiro atoms. The first-order valence-corrected chi connectivity index (χ1v) is 8.54. The topological polar surface area (TPSA) is 29.5 Å². The molecular formula is C19H29NO2. The number of ketones is 1. The van der Waals surface area contributed by atoms with E-state index in [1.807, 2.05) is 25.1 Å². The molecule has 2 atom stereocenters. The first kappa shape index (κ1) is 17.0. The number of Topliss-reactive ketones (excluding diaryl/α,β-unsaturated/α-hetero) is 1. The van der Waals surface area contributed by atoms with Crippen LogP contribution in [0.5, 0.6) is 5.75 Å². The third kappa shape index (κ3) is 4.33. The third-order valence-corrected chi connectivity index (χ3v) is 4.37. The molecule has 1 aliphatic heterocycles. The van der Waals surface area contributed by atoms with E-state index in [-0.39, 0.29) is 5.78 Å². The van der Waals surface area contributed by atoms with Crippen LogP contribution in [0.4, 0.5) is 0 Å². The van der Waals surface area contributed by atoms with E-state index in [2.05, 4.69) is 25.7 Å². The van der Waals surface area contributed by atoms with Crippen molar-refractivity contribution in [2.75, 3.05) is 26.2 Å². The molecule has 0 aliphatic carbocycles. The summed E-state index contributed by atoms with van der Waals surface area (Å²) in [5, 5.41) is 0. The normalized spacial score (nSPS) is 22.5. The highest BCUT2D eigenvalue weighted by Crippen LogP contribution is 2.23. The van der Waals surface area contributed by atoms with Gasteiger partial charge in [-0.15, -0.1) is 0 Å². The number of hydrogen-bond donors (Lipinski definition) is 0. The maximum absolute atomic E-state index is 12.6. The second-order valence-corrected chi connectivity index (χ2v) is 6.67. The predicted octanol–water partition coefficient (Wildman–Crippen LogP) is 3.81. The van der Waals surface area contributed by atoms with Gasteiger partial charge in [-0.25, -0.2) is 0 Å². The Labute approximate surface area is 134 Å². The second-order valence-electron chi connectivity index (χ2n) is 6.67. The molecular weight excluding hydrogens is 274 g/mol. The number of ether oxygens (including phenoxy) is 1. The van der Waals surface area contributed by atoms with Crippen molar-refractivity contribution in [2.45, 2.75) is 40.5 Å². The Hall–Kier alpha value is -1.35. The largest absolute Gasteiger partial charge is 0.494 e. The van der Waals surface area contributed by atoms with Gasteiger partial charge in [0.1, 0.15) is 5.75 Å². The Morgan fingerprint density at radius 1 is 1.23 bits per heavy atom. The molecule has 3 nitrogen and oxygen atoms in total. The molecule has 122 valence electrons. The van der Waals surface area contributed by atoms with E-state index in [1.54, 1.807) is 0 Å². The summed E-state index contributed by atoms with van der Waals surface area (Å²) in [5.74, 6) is 2.49. The Morgan fingerprint density at radius 2 is 1.91 bits per heavy atom. The average Bonchev–Trinajstić information content (AvgIpc) is 2.46. The number of carbonyl (C=O) groups excluding carboxylic acids is 1. The fourth-order valence-electron chi connectivity index (χ4n) is 3.54. The van der Waals surface area contributed by atoms with Gasteiger partial charge in [0.05, 0.1) is 13.2 Å². The van der Waals surface area contributed by atoms with E-state index in [0.717, 1.165) is 36.4 Å². The van der Waals surface area contributed by atoms with Crippen LogP contribution in [0.15, 0.2) is 18.2 Å². The zero-order valence-corrected chi connectivity index (χ0v) is 14.4. The summed E-state index contributed by atoms with van der Waals surface area (Å²) < 4.78 is 5.62. The smallest absolute Gasteiger partial charge is 0.176 e. The lowest BCUT2D eigenvalue weighted by atomic mass is 9.91. The number of benzene rings is 1. The van der Waals surface area contributed by atoms with E-state index in [9.17, 15) is 4.79 Å². The highest BCUT2D eigenvalue weighted by molar-refractivity contribution is 5.98. The lowest BCUT2D eigenvalue weighted by Gasteiger charge is -2.34. The monoisotopic (exact) mass is 303 g/mol. The van der Waals surface area contributed by atoms with Gasteiger partial charge in [0.15, 0.2) is 5.78 Å². The Bertz CT molecular complexity index is 502. The molecule has 22 heavy (non-hydrogen) atoms. The van der Waals surface area contributed by atoms with E-state index in [0.29, 0.717) is 25.0 Å². The summed E-state index contributed by atoms with van der Waals surface area (Å²) in [7, 11) is 0. The van der Waals surface area contributed by atoms with Crippen LogP contribution in [-0.2, 0) is 6.42 Å². The SMILES string of the molecule is CCOc1ccc(C(=O)CN2CC(C)CC(C)C2)cc1CC. The number of carbonyl (C=O) groups is 1. The maximum Gasteiger partial charge on any atom is 0.176 e. The van der Waals surface area contributed by atoms with E-state index in [1.165, 1.54) is 6.42 Å². The van der Waals surface area contributed by atoms with Gasteiger partial charge in [-0.05, 0) is 55.4 Å². The Balaban J connectivity index is 2.06. The minimum absolute atomic E-state index is 0.221. The highest BCUT2D eigenvalue weighted by Gasteiger charge is 2.23. The summed E-state index contributed by atoms with van der Waals surface area (Å²) >= 11 is 0. The number of rotatable bonds is 6. The zero-order chi connectivity index (χ0) is 16.1. The van der Waals surface area contributed by atoms with Gasteiger partial charge < -0.3 is 4.74 Å². The first-order valence-electron chi connectivity index (χ1n) is 8.54. The lowest BCUT2D eigenvalue weighted by Crippen LogP contribution is -2.41. The second kappa shape index (κ2) is 7.77. The molecule has 2 unspecified atom stereocenters. The Morgan fingerprint density at radius 3 is 2.50 bits per heavy atom. The molecule has 2 rings (SSSR count). The van der Waals surface area contributed by atoms with Crippen molar-refractivity contribution >= 4 is 5.78 Å². The highest BCUT2D eigenvalue weighted by atomic mass is 16.5. The fourth-order valence-corrected chi connectivity index (χ4v) is 3.54. The minimum atomic E-state index is 0.221. The van der Waals surface area contributed by atoms with Crippen LogP contribution >= 0.6 is 0 Å². The van der Waals surface area contributed by atoms with Crippen molar-refractivity contribution in [3.05, 3.63) is 29.3 Å². The third-order valence-electron chi connectivity index (χ3n) is 4.37. The van der Waals surface area contributed by atoms with Gasteiger partial charge in [-0.1, -0.05) is 20.8 Å². The van der Waals surface area contributed by atoms with Crippen molar-refractivity contribution in [3.8, 4) is 5.75 Å². The number of hydrogen-bond acceptors (Lipinski definition) is 3. The molecule has 3 heteroatoms. The number of piperidine rings is 1. The molecule has 1 saturated heterocycles. The van der Waals surface area contributed by atoms with Crippen molar-refractivity contribution in [2.24, 2.45) is 11.8 Å². The van der Waals surface area contributed by atoms with Gasteiger partial charge in [-0.3, -0.25) is 9.69 Å². The van der Waals surface area contributed by atoms with Crippen molar-refractivity contribution in [1.29, 1.82) is 0 Å². The molecule has 1 heterocycles. The predicted molar refractivity (Wildman–Crippen MR) is 90.7 cm³/mol. The minimum Gasteiger partial charge on any atom is -0.494 e. The van der Waals surface area contributed by atoms with Gasteiger partial charge in [0.25, 0.3) is 0 Å². The van der Waals surface area contributed by atoms with Gasteiger partial charge in [0.2, 0.25) is 0 Å². The van der Waals surface area contributed by atoms with Crippen LogP contribution in [0, 0.1) is 11.8 Å². The molecule has 0 amide bonds. The van der Waals surface area contributed by atoms with E-state index >= 15 is 0 Å². The summed E-state index contributed by atoms with van der Waals surface area (Å²) in [4.78, 5) is 14.9. The van der Waals surface area contributed by atoms with Crippen molar-refractivity contribution < 1.29 is 9.53 Å². The standard InChI is InChI=1S/C19H29NO2/c1-5-16-10-17(7-8-19(16)22-6-2)18(21)13-20-11-14(3)9-15(4)12-20/h7-8,10,14-15H,5-6,9,11-13H2,1-4H3. The van der Waals surface area contributed by atoms with Gasteiger partial charge >= 0.3 is 0 Å². The molecule has 0 saturated carbocycles. The lowest BCUT2D eigenvalue weighted by molar-refractivity contribution is 0.0849. The number of likely N-dealkylation sites (tertiary alicyclic amines) is 1. The molecule has 1 aromatic carbocycles. The van der Waals surface area contributed by atoms with Gasteiger partial charge in [-0.2, -0.15) is 0 Å². The zero-order valence-electron chi connectivity index (χ0n) is 14.4. The molecule has 1 fully saturated rings. The molecule has 0 bridgehead atoms. The van der Waals surface area contributed by atoms with Gasteiger partial charge in [0, 0.05) is 18.7 Å². The van der Waals surface area contributed by atoms with Crippen LogP contribution in [0.25, 0.3) is 0 Å². The van der Waals surface area contributed by atoms with Crippen molar-refractivity contribution in [1.82, 2.24) is 4.90 Å². The fraction of sp³-hybridized carbons (Fsp3) is 0.632. The number of nitrogens with zero attached hydrogens (tertiary/aromatic N) is 1. The van der Waals surface area contributed by atoms with Crippen LogP contribution in [0.1, 0.15) is 50.0 Å². The average molecular weight is 303 g/mol. The summed E-state index contributed by atoms with van der Waals surface area (Å²) in [6.45, 7) is 11.9. The first-order chi connectivity index (χ1) is 10.5. The molecule has 1 aliphatic rings. The maximum atomic E-state index is 12.6. The van der Waals surface area contributed by atoms with Crippen LogP contribution in [0.3, 0.4) is 0 Å². The van der Waals surface area contributed by atoms with E-state index in [4.69, 9.17) is 4.74 Å². The quantitative estimate of drug-likeness (QED) is 0.749. The van der Waals surface area contributed by atoms with E-state index < -0.39 is 0 Å². The molecule has 0 N–H and O–H groups in total. The number of aryl methyl sites for hydroxylation is 1. The summed E-state index contributed by atoms with van der Waals surface area (Å²) in [6, 6.07) is 5.85. The summed E-state index contributed by atoms with van der Waals surface area (Å²) in [5.41, 5.74) is 1.93. The molecule has 0 radical (unpaired) electrons. The van der Waals surface area contributed by atoms with Crippen LogP contribution in [-0.4, -0.2) is 36.9 Å². The summed E-state index contributed by atoms with van der Waals surface area (Å²) in [6.07, 6.45) is 2.15. The molecule has 1 aromatic rings.